The zero-order valence-electron chi connectivity index (χ0n) is 17.8. The van der Waals surface area contributed by atoms with E-state index in [4.69, 9.17) is 0 Å². The number of anilines is 2. The normalized spacial score (nSPS) is 14.8. The van der Waals surface area contributed by atoms with E-state index in [0.29, 0.717) is 5.56 Å². The van der Waals surface area contributed by atoms with Crippen LogP contribution in [0, 0.1) is 0 Å². The summed E-state index contributed by atoms with van der Waals surface area (Å²) in [6.45, 7) is 5.76. The number of amides is 1. The summed E-state index contributed by atoms with van der Waals surface area (Å²) in [4.78, 5) is 26.2. The van der Waals surface area contributed by atoms with Gasteiger partial charge < -0.3 is 14.6 Å². The molecule has 0 bridgehead atoms. The van der Waals surface area contributed by atoms with E-state index in [2.05, 4.69) is 10.0 Å². The van der Waals surface area contributed by atoms with Crippen LogP contribution in [-0.4, -0.2) is 48.8 Å². The van der Waals surface area contributed by atoms with Crippen LogP contribution in [0.3, 0.4) is 0 Å². The average Bonchev–Trinajstić information content (AvgIpc) is 3.06. The van der Waals surface area contributed by atoms with Crippen molar-refractivity contribution in [3.63, 3.8) is 0 Å². The second-order valence-electron chi connectivity index (χ2n) is 6.64. The topological polar surface area (TPSA) is 130 Å². The number of carbonyl (C=O) groups is 2. The molecule has 2 aromatic rings. The smallest absolute Gasteiger partial charge is 0.744 e. The maximum atomic E-state index is 12.9. The Labute approximate surface area is 228 Å². The molecular weight excluding hydrogens is 461 g/mol. The molecule has 0 aliphatic carbocycles. The molecule has 0 radical (unpaired) electrons. The first-order valence-electron chi connectivity index (χ1n) is 9.45. The Morgan fingerprint density at radius 2 is 1.66 bits per heavy atom. The van der Waals surface area contributed by atoms with Gasteiger partial charge in [0.25, 0.3) is 5.91 Å². The minimum atomic E-state index is -4.64. The quantitative estimate of drug-likeness (QED) is 0.315. The predicted octanol–water partition coefficient (Wildman–Crippen LogP) is -0.688. The Kier molecular flexibility index (Phi) is 8.94. The van der Waals surface area contributed by atoms with Crippen molar-refractivity contribution in [3.8, 4) is 0 Å². The minimum absolute atomic E-state index is 0. The molecule has 0 unspecified atom stereocenters. The molecule has 3 rings (SSSR count). The monoisotopic (exact) mass is 481 g/mol. The summed E-state index contributed by atoms with van der Waals surface area (Å²) in [7, 11) is -4.64. The van der Waals surface area contributed by atoms with Crippen molar-refractivity contribution in [1.29, 1.82) is 0 Å². The van der Waals surface area contributed by atoms with Gasteiger partial charge in [-0.15, -0.1) is 0 Å². The fourth-order valence-electron chi connectivity index (χ4n) is 3.17. The van der Waals surface area contributed by atoms with Gasteiger partial charge in [0.1, 0.15) is 10.1 Å². The number of rotatable bonds is 7. The molecule has 1 amide bonds. The molecule has 0 spiro atoms. The maximum Gasteiger partial charge on any atom is 1.00 e. The van der Waals surface area contributed by atoms with Crippen molar-refractivity contribution >= 4 is 45.2 Å². The van der Waals surface area contributed by atoms with Crippen molar-refractivity contribution in [2.24, 2.45) is 5.10 Å². The number of aliphatic carboxylic acids is 1. The van der Waals surface area contributed by atoms with Crippen molar-refractivity contribution in [1.82, 2.24) is 0 Å². The van der Waals surface area contributed by atoms with E-state index in [1.54, 1.807) is 12.1 Å². The molecular formula is C21H20KN3O6S. The van der Waals surface area contributed by atoms with Gasteiger partial charge in [0.2, 0.25) is 0 Å². The third kappa shape index (κ3) is 5.73. The second-order valence-corrected chi connectivity index (χ2v) is 8.02. The molecule has 0 atom stereocenters. The van der Waals surface area contributed by atoms with Crippen molar-refractivity contribution in [2.75, 3.05) is 23.0 Å². The predicted molar refractivity (Wildman–Crippen MR) is 115 cm³/mol. The zero-order valence-corrected chi connectivity index (χ0v) is 21.8. The van der Waals surface area contributed by atoms with E-state index >= 15 is 0 Å². The van der Waals surface area contributed by atoms with Crippen molar-refractivity contribution < 1.29 is 79.1 Å². The Balaban J connectivity index is 0.00000363. The number of carbonyl (C=O) groups excluding carboxylic acids is 1. The van der Waals surface area contributed by atoms with Gasteiger partial charge in [-0.1, -0.05) is 12.1 Å². The fraction of sp³-hybridized carbons (Fsp3) is 0.190. The number of hydrogen-bond acceptors (Lipinski definition) is 7. The summed E-state index contributed by atoms with van der Waals surface area (Å²) in [5, 5.41) is 14.2. The second kappa shape index (κ2) is 10.8. The molecule has 11 heteroatoms. The van der Waals surface area contributed by atoms with Crippen LogP contribution >= 0.6 is 0 Å². The van der Waals surface area contributed by atoms with Crippen LogP contribution in [0.2, 0.25) is 0 Å². The number of carboxylic acids is 1. The van der Waals surface area contributed by atoms with Crippen molar-refractivity contribution in [2.45, 2.75) is 18.7 Å². The number of hydrazone groups is 1. The first-order valence-corrected chi connectivity index (χ1v) is 10.9. The molecule has 1 aliphatic rings. The van der Waals surface area contributed by atoms with Gasteiger partial charge in [-0.25, -0.2) is 13.2 Å². The van der Waals surface area contributed by atoms with Gasteiger partial charge >= 0.3 is 57.4 Å². The summed E-state index contributed by atoms with van der Waals surface area (Å²) in [6.07, 6.45) is 1.44. The number of nitrogens with zero attached hydrogens (tertiary/aromatic N) is 3. The Hall–Kier alpha value is -1.86. The molecule has 9 nitrogen and oxygen atoms in total. The Bertz CT molecular complexity index is 1170. The molecule has 1 aliphatic heterocycles. The summed E-state index contributed by atoms with van der Waals surface area (Å²) < 4.78 is 33.2. The first-order chi connectivity index (χ1) is 14.7. The summed E-state index contributed by atoms with van der Waals surface area (Å²) in [5.41, 5.74) is 1.23. The van der Waals surface area contributed by atoms with Crippen LogP contribution in [0.5, 0.6) is 0 Å². The van der Waals surface area contributed by atoms with E-state index in [0.717, 1.165) is 35.9 Å². The van der Waals surface area contributed by atoms with Crippen LogP contribution in [0.15, 0.2) is 64.1 Å². The molecule has 1 N–H and O–H groups in total. The van der Waals surface area contributed by atoms with Gasteiger partial charge in [0, 0.05) is 18.8 Å². The molecule has 2 aromatic carbocycles. The van der Waals surface area contributed by atoms with Gasteiger partial charge in [-0.2, -0.15) is 10.1 Å². The van der Waals surface area contributed by atoms with E-state index < -0.39 is 32.6 Å². The largest absolute Gasteiger partial charge is 1.00 e. The van der Waals surface area contributed by atoms with Gasteiger partial charge in [-0.3, -0.25) is 4.79 Å². The van der Waals surface area contributed by atoms with Crippen LogP contribution in [0.1, 0.15) is 19.4 Å². The van der Waals surface area contributed by atoms with E-state index in [9.17, 15) is 27.7 Å². The molecule has 162 valence electrons. The third-order valence-electron chi connectivity index (χ3n) is 4.78. The molecule has 0 saturated carbocycles. The van der Waals surface area contributed by atoms with Gasteiger partial charge in [0.05, 0.1) is 16.2 Å². The van der Waals surface area contributed by atoms with E-state index in [1.807, 2.05) is 26.0 Å². The van der Waals surface area contributed by atoms with Gasteiger partial charge in [0.15, 0.2) is 5.71 Å². The summed E-state index contributed by atoms with van der Waals surface area (Å²) >= 11 is 0. The SMILES string of the molecule is CCN(CC)c1ccc(C=C2C(=O)N(c3ccc(S(=O)(=O)[O-])cc3)N=C2C(=O)O)cc1.[K+]. The Morgan fingerprint density at radius 1 is 1.09 bits per heavy atom. The molecule has 0 saturated heterocycles. The number of hydrogen-bond donors (Lipinski definition) is 1. The van der Waals surface area contributed by atoms with Crippen LogP contribution in [0.4, 0.5) is 11.4 Å². The molecule has 1 heterocycles. The number of benzene rings is 2. The average molecular weight is 482 g/mol. The summed E-state index contributed by atoms with van der Waals surface area (Å²) in [6, 6.07) is 11.8. The standard InChI is InChI=1S/C21H21N3O6S.K/c1-3-23(4-2)15-7-5-14(6-8-15)13-18-19(21(26)27)22-24(20(18)25)16-9-11-17(12-10-16)31(28,29)30;/h5-13H,3-4H2,1-2H3,(H,26,27)(H,28,29,30);/q;+1/p-1. The molecule has 32 heavy (non-hydrogen) atoms. The third-order valence-corrected chi connectivity index (χ3v) is 5.63. The van der Waals surface area contributed by atoms with E-state index in [1.165, 1.54) is 18.2 Å². The first kappa shape index (κ1) is 26.4. The molecule has 0 fully saturated rings. The maximum absolute atomic E-state index is 12.9. The number of carboxylic acid groups (broad SMARTS) is 1. The van der Waals surface area contributed by atoms with Crippen molar-refractivity contribution in [3.05, 3.63) is 59.7 Å². The zero-order chi connectivity index (χ0) is 22.8. The van der Waals surface area contributed by atoms with Crippen LogP contribution in [-0.2, 0) is 19.7 Å². The van der Waals surface area contributed by atoms with Crippen LogP contribution in [0.25, 0.3) is 6.08 Å². The van der Waals surface area contributed by atoms with Crippen LogP contribution < -0.4 is 61.3 Å². The van der Waals surface area contributed by atoms with Gasteiger partial charge in [-0.05, 0) is 61.9 Å². The minimum Gasteiger partial charge on any atom is -0.744 e. The fourth-order valence-corrected chi connectivity index (χ4v) is 3.64. The molecule has 0 aromatic heterocycles. The van der Waals surface area contributed by atoms with E-state index in [-0.39, 0.29) is 62.6 Å². The Morgan fingerprint density at radius 3 is 2.12 bits per heavy atom. The summed E-state index contributed by atoms with van der Waals surface area (Å²) in [5.74, 6) is -2.05.